The summed E-state index contributed by atoms with van der Waals surface area (Å²) < 4.78 is 11.3. The summed E-state index contributed by atoms with van der Waals surface area (Å²) in [6.45, 7) is 4.97. The predicted molar refractivity (Wildman–Crippen MR) is 82.8 cm³/mol. The number of hydrogen-bond donors (Lipinski definition) is 0. The number of rotatable bonds is 7. The van der Waals surface area contributed by atoms with E-state index in [4.69, 9.17) is 14.7 Å². The topological polar surface area (TPSA) is 55.1 Å². The first-order valence-electron chi connectivity index (χ1n) is 7.01. The van der Waals surface area contributed by atoms with Crippen molar-refractivity contribution >= 4 is 11.3 Å². The average molecular weight is 302 g/mol. The van der Waals surface area contributed by atoms with Crippen LogP contribution in [0.5, 0.6) is 11.5 Å². The Balaban J connectivity index is 2.08. The van der Waals surface area contributed by atoms with Gasteiger partial charge in [0, 0.05) is 0 Å². The van der Waals surface area contributed by atoms with Gasteiger partial charge in [-0.3, -0.25) is 0 Å². The van der Waals surface area contributed by atoms with Gasteiger partial charge >= 0.3 is 0 Å². The summed E-state index contributed by atoms with van der Waals surface area (Å²) in [5.74, 6) is 1.43. The van der Waals surface area contributed by atoms with Crippen LogP contribution < -0.4 is 9.47 Å². The first kappa shape index (κ1) is 15.3. The summed E-state index contributed by atoms with van der Waals surface area (Å²) in [6.07, 6.45) is 1.81. The average Bonchev–Trinajstić information content (AvgIpc) is 2.89. The number of nitrogens with zero attached hydrogens (tertiary/aromatic N) is 2. The third-order valence-electron chi connectivity index (χ3n) is 2.83. The Labute approximate surface area is 129 Å². The summed E-state index contributed by atoms with van der Waals surface area (Å²) >= 11 is 1.40. The van der Waals surface area contributed by atoms with Crippen LogP contribution in [0.2, 0.25) is 0 Å². The molecule has 0 fully saturated rings. The van der Waals surface area contributed by atoms with Crippen molar-refractivity contribution in [2.75, 3.05) is 6.61 Å². The van der Waals surface area contributed by atoms with Gasteiger partial charge in [-0.15, -0.1) is 11.3 Å². The van der Waals surface area contributed by atoms with Gasteiger partial charge in [-0.05, 0) is 25.5 Å². The molecule has 5 heteroatoms. The van der Waals surface area contributed by atoms with Crippen LogP contribution >= 0.6 is 11.3 Å². The zero-order chi connectivity index (χ0) is 15.1. The van der Waals surface area contributed by atoms with E-state index < -0.39 is 0 Å². The van der Waals surface area contributed by atoms with Crippen LogP contribution in [0.25, 0.3) is 0 Å². The van der Waals surface area contributed by atoms with Crippen molar-refractivity contribution in [2.24, 2.45) is 0 Å². The molecule has 2 aromatic rings. The van der Waals surface area contributed by atoms with E-state index >= 15 is 0 Å². The van der Waals surface area contributed by atoms with Gasteiger partial charge in [-0.25, -0.2) is 4.98 Å². The van der Waals surface area contributed by atoms with E-state index in [1.165, 1.54) is 11.3 Å². The molecular formula is C16H18N2O2S. The van der Waals surface area contributed by atoms with Crippen molar-refractivity contribution in [1.82, 2.24) is 4.98 Å². The lowest BCUT2D eigenvalue weighted by Gasteiger charge is -2.10. The van der Waals surface area contributed by atoms with Crippen LogP contribution in [0.4, 0.5) is 0 Å². The third-order valence-corrected chi connectivity index (χ3v) is 3.81. The highest BCUT2D eigenvalue weighted by molar-refractivity contribution is 7.12. The fourth-order valence-corrected chi connectivity index (χ4v) is 2.76. The fraction of sp³-hybridized carbons (Fsp3) is 0.375. The number of para-hydroxylation sites is 2. The van der Waals surface area contributed by atoms with Gasteiger partial charge in [0.25, 0.3) is 0 Å². The number of nitriles is 1. The molecule has 0 amide bonds. The number of benzene rings is 1. The smallest absolute Gasteiger partial charge is 0.161 e. The molecule has 1 aromatic carbocycles. The lowest BCUT2D eigenvalue weighted by molar-refractivity contribution is 0.269. The maximum atomic E-state index is 9.12. The molecular weight excluding hydrogens is 284 g/mol. The number of hydrogen-bond acceptors (Lipinski definition) is 5. The van der Waals surface area contributed by atoms with Crippen molar-refractivity contribution < 1.29 is 9.47 Å². The minimum atomic E-state index is 0.354. The number of ether oxygens (including phenoxy) is 2. The van der Waals surface area contributed by atoms with Gasteiger partial charge in [-0.2, -0.15) is 5.26 Å². The second-order valence-corrected chi connectivity index (χ2v) is 5.50. The molecule has 1 heterocycles. The standard InChI is InChI=1S/C16H18N2O2S/c1-3-7-12-15(10-17)21-16(18-12)11-20-14-9-6-5-8-13(14)19-4-2/h5-6,8-9H,3-4,7,11H2,1-2H3. The Hall–Kier alpha value is -2.06. The van der Waals surface area contributed by atoms with Crippen LogP contribution in [0.15, 0.2) is 24.3 Å². The molecule has 0 spiro atoms. The molecule has 0 bridgehead atoms. The molecule has 110 valence electrons. The zero-order valence-corrected chi connectivity index (χ0v) is 13.1. The predicted octanol–water partition coefficient (Wildman–Crippen LogP) is 3.94. The van der Waals surface area contributed by atoms with E-state index in [9.17, 15) is 0 Å². The monoisotopic (exact) mass is 302 g/mol. The minimum absolute atomic E-state index is 0.354. The molecule has 21 heavy (non-hydrogen) atoms. The number of aromatic nitrogens is 1. The van der Waals surface area contributed by atoms with Crippen LogP contribution in [0, 0.1) is 11.3 Å². The molecule has 1 aromatic heterocycles. The maximum Gasteiger partial charge on any atom is 0.161 e. The second kappa shape index (κ2) is 7.65. The van der Waals surface area contributed by atoms with Gasteiger partial charge in [-0.1, -0.05) is 25.5 Å². The normalized spacial score (nSPS) is 10.1. The Morgan fingerprint density at radius 1 is 1.19 bits per heavy atom. The highest BCUT2D eigenvalue weighted by atomic mass is 32.1. The lowest BCUT2D eigenvalue weighted by atomic mass is 10.2. The fourth-order valence-electron chi connectivity index (χ4n) is 1.94. The summed E-state index contributed by atoms with van der Waals surface area (Å²) in [5.41, 5.74) is 0.877. The Morgan fingerprint density at radius 2 is 1.90 bits per heavy atom. The third kappa shape index (κ3) is 3.96. The van der Waals surface area contributed by atoms with Crippen LogP contribution in [-0.4, -0.2) is 11.6 Å². The van der Waals surface area contributed by atoms with Crippen molar-refractivity contribution in [3.63, 3.8) is 0 Å². The molecule has 2 rings (SSSR count). The largest absolute Gasteiger partial charge is 0.490 e. The Morgan fingerprint density at radius 3 is 2.52 bits per heavy atom. The molecule has 0 atom stereocenters. The lowest BCUT2D eigenvalue weighted by Crippen LogP contribution is -1.99. The van der Waals surface area contributed by atoms with E-state index in [0.29, 0.717) is 23.8 Å². The Kier molecular flexibility index (Phi) is 5.59. The van der Waals surface area contributed by atoms with Crippen molar-refractivity contribution in [3.8, 4) is 17.6 Å². The molecule has 0 aliphatic rings. The van der Waals surface area contributed by atoms with Crippen LogP contribution in [0.1, 0.15) is 35.8 Å². The first-order valence-corrected chi connectivity index (χ1v) is 7.83. The quantitative estimate of drug-likeness (QED) is 0.777. The van der Waals surface area contributed by atoms with E-state index in [-0.39, 0.29) is 0 Å². The van der Waals surface area contributed by atoms with E-state index in [0.717, 1.165) is 29.3 Å². The molecule has 0 aliphatic carbocycles. The summed E-state index contributed by atoms with van der Waals surface area (Å²) in [4.78, 5) is 5.18. The number of aryl methyl sites for hydroxylation is 1. The van der Waals surface area contributed by atoms with Crippen molar-refractivity contribution in [3.05, 3.63) is 39.8 Å². The molecule has 0 aliphatic heterocycles. The molecule has 0 saturated heterocycles. The summed E-state index contributed by atoms with van der Waals surface area (Å²) in [7, 11) is 0. The van der Waals surface area contributed by atoms with E-state index in [1.807, 2.05) is 31.2 Å². The Bertz CT molecular complexity index is 631. The van der Waals surface area contributed by atoms with Gasteiger partial charge in [0.15, 0.2) is 11.5 Å². The highest BCUT2D eigenvalue weighted by Crippen LogP contribution is 2.28. The van der Waals surface area contributed by atoms with Gasteiger partial charge in [0.1, 0.15) is 22.6 Å². The maximum absolute atomic E-state index is 9.12. The van der Waals surface area contributed by atoms with Crippen molar-refractivity contribution in [2.45, 2.75) is 33.3 Å². The van der Waals surface area contributed by atoms with Gasteiger partial charge < -0.3 is 9.47 Å². The summed E-state index contributed by atoms with van der Waals surface area (Å²) in [6, 6.07) is 9.77. The minimum Gasteiger partial charge on any atom is -0.490 e. The molecule has 4 nitrogen and oxygen atoms in total. The van der Waals surface area contributed by atoms with Crippen LogP contribution in [0.3, 0.4) is 0 Å². The number of thiazole rings is 1. The van der Waals surface area contributed by atoms with E-state index in [2.05, 4.69) is 18.0 Å². The SMILES string of the molecule is CCCc1nc(COc2ccccc2OCC)sc1C#N. The van der Waals surface area contributed by atoms with Crippen molar-refractivity contribution in [1.29, 1.82) is 5.26 Å². The van der Waals surface area contributed by atoms with Gasteiger partial charge in [0.2, 0.25) is 0 Å². The highest BCUT2D eigenvalue weighted by Gasteiger charge is 2.11. The second-order valence-electron chi connectivity index (χ2n) is 4.41. The van der Waals surface area contributed by atoms with Gasteiger partial charge in [0.05, 0.1) is 12.3 Å². The first-order chi connectivity index (χ1) is 10.3. The van der Waals surface area contributed by atoms with Crippen LogP contribution in [-0.2, 0) is 13.0 Å². The molecule has 0 radical (unpaired) electrons. The molecule has 0 unspecified atom stereocenters. The van der Waals surface area contributed by atoms with E-state index in [1.54, 1.807) is 0 Å². The molecule has 0 saturated carbocycles. The summed E-state index contributed by atoms with van der Waals surface area (Å²) in [5, 5.41) is 9.94. The zero-order valence-electron chi connectivity index (χ0n) is 12.3. The molecule has 0 N–H and O–H groups in total.